The molecule has 41 heteroatoms. The first kappa shape index (κ1) is 104. The number of nitrogens with two attached hydrogens (primary N) is 1. The second-order valence-corrected chi connectivity index (χ2v) is 24.9. The molecule has 113 heavy (non-hydrogen) atoms. The molecule has 609 valence electrons. The van der Waals surface area contributed by atoms with Gasteiger partial charge in [-0.1, -0.05) is 61.8 Å². The van der Waals surface area contributed by atoms with Crippen LogP contribution in [0.3, 0.4) is 0 Å². The maximum atomic E-state index is 12.2. The molecule has 0 aliphatic rings. The van der Waals surface area contributed by atoms with Gasteiger partial charge in [-0.3, -0.25) is 58.3 Å². The van der Waals surface area contributed by atoms with E-state index in [4.69, 9.17) is 18.0 Å². The van der Waals surface area contributed by atoms with E-state index in [1.54, 1.807) is 48.5 Å². The van der Waals surface area contributed by atoms with Gasteiger partial charge in [0.15, 0.2) is 5.11 Å². The summed E-state index contributed by atoms with van der Waals surface area (Å²) in [6, 6.07) is 21.1. The third kappa shape index (κ3) is 44.0. The summed E-state index contributed by atoms with van der Waals surface area (Å²) in [7, 11) is 0. The van der Waals surface area contributed by atoms with Gasteiger partial charge in [-0.25, -0.2) is 9.59 Å². The molecule has 0 fully saturated rings. The quantitative estimate of drug-likeness (QED) is 0.0106. The molecule has 0 spiro atoms. The van der Waals surface area contributed by atoms with E-state index in [9.17, 15) is 109 Å². The number of anilines is 1. The average molecular weight is 2010 g/mol. The van der Waals surface area contributed by atoms with E-state index in [0.717, 1.165) is 36.3 Å². The summed E-state index contributed by atoms with van der Waals surface area (Å²) in [5, 5.41) is 117. The number of pyridine rings is 2. The van der Waals surface area contributed by atoms with E-state index in [1.165, 1.54) is 21.5 Å². The zero-order chi connectivity index (χ0) is 81.4. The summed E-state index contributed by atoms with van der Waals surface area (Å²) in [5.74, 6) is -1.40. The van der Waals surface area contributed by atoms with Crippen LogP contribution in [0.1, 0.15) is 95.7 Å². The van der Waals surface area contributed by atoms with Crippen LogP contribution < -0.4 is 79.7 Å². The molecule has 36 nitrogen and oxygen atoms in total. The number of carbonyl (C=O) groups excluding carboxylic acids is 8. The molecule has 0 saturated carbocycles. The molecule has 0 aliphatic heterocycles. The third-order valence-electron chi connectivity index (χ3n) is 15.3. The molecule has 8 N–H and O–H groups in total. The van der Waals surface area contributed by atoms with Crippen LogP contribution in [0.5, 0.6) is 0 Å². The number of aliphatic hydroxyl groups excluding tert-OH is 2. The standard InChI is InChI=1S/C36H43N7O11S.C24H26N4O8S.C12H17N3O3.3Eu/c1-2-29(44)11-13-43-16-25(34(53)40-36(43)54)4-3-12-37-35(55)39-26-9-7-23(8-10-26)5-6-24-14-27(17-41(19-30(45)46)20-31(47)48)38-28(15-24)18-42(21-32(49)50)22-33(51)52;29-21(30)11-27(12-22(31)32)9-19-7-17(2-1-16-3-5-18(6-4-16)25-15-37)8-20(26-19)10-28(13-23(33)34)14-24(35)36;1-2-10(16)5-7-15-8-9(4-3-6-13)11(17)14-12(15)18;;;/h7-10,14-16,29,44H,2,5-6,11-13,17-22H2,1H3,(H,45,46)(H,47,48)(H,49,50)(H,51,52)(H2,37,39,55)(H,40,53,54);3-8H,1-2,9-14H2,(H,29,30)(H,31,32)(H,33,34)(H,35,36);8,10,16H,2,5-7,13H2,1H3,(H,14,17,18);;;/p-8. The fraction of sp³-hybridized carbons (Fsp3) is 0.389. The summed E-state index contributed by atoms with van der Waals surface area (Å²) >= 11 is 9.92. The van der Waals surface area contributed by atoms with E-state index in [1.807, 2.05) is 38.1 Å². The number of nitrogens with one attached hydrogen (secondary N) is 4. The second kappa shape index (κ2) is 56.3. The number of aromatic amines is 2. The first-order valence-corrected chi connectivity index (χ1v) is 34.5. The van der Waals surface area contributed by atoms with Crippen molar-refractivity contribution < 1.29 is 238 Å². The Hall–Kier alpha value is -7.06. The molecule has 0 saturated heterocycles. The van der Waals surface area contributed by atoms with E-state index < -0.39 is 135 Å². The second-order valence-electron chi connectivity index (χ2n) is 24.3. The summed E-state index contributed by atoms with van der Waals surface area (Å²) in [4.78, 5) is 158. The van der Waals surface area contributed by atoms with Gasteiger partial charge in [0, 0.05) is 258 Å². The first-order chi connectivity index (χ1) is 52.2. The number of aliphatic carboxylic acids is 8. The van der Waals surface area contributed by atoms with Crippen LogP contribution in [-0.2, 0) is 103 Å². The van der Waals surface area contributed by atoms with E-state index in [2.05, 4.69) is 76.6 Å². The van der Waals surface area contributed by atoms with Crippen molar-refractivity contribution in [3.8, 4) is 23.7 Å². The Morgan fingerprint density at radius 3 is 1.12 bits per heavy atom. The van der Waals surface area contributed by atoms with Gasteiger partial charge < -0.3 is 106 Å². The molecule has 6 rings (SSSR count). The van der Waals surface area contributed by atoms with Crippen molar-refractivity contribution in [1.82, 2.24) is 54.0 Å². The van der Waals surface area contributed by atoms with E-state index in [-0.39, 0.29) is 222 Å². The van der Waals surface area contributed by atoms with E-state index in [0.29, 0.717) is 86.2 Å². The smallest absolute Gasteiger partial charge is 0.328 e. The number of isothiocyanates is 1. The van der Waals surface area contributed by atoms with Gasteiger partial charge in [0.05, 0.1) is 107 Å². The number of aryl methyl sites for hydroxylation is 6. The van der Waals surface area contributed by atoms with E-state index >= 15 is 0 Å². The SMILES string of the molecule is CCC(O)CCn1cc(C#CCN)c(=O)[nH]c1=O.CCC(O)CCn1cc(C#CCNC(=S)Nc2ccc(CCc3cc(CN(CC(=O)[O-])CC(=O)[O-])nc(CN(CC(=O)[O-])CC(=O)[O-])c3)cc2)c(=O)[nH]c1=O.O=C([O-])CN(CC(=O)[O-])Cc1cc(CCc2ccc(N=C=S)cc2)cc(CN(CC(=O)[O-])CC(=O)[O-])n1.[Eu].[Eu].[Eu]. The number of benzene rings is 2. The molecule has 3 radical (unpaired) electrons. The minimum Gasteiger partial charge on any atom is -0.549 e. The van der Waals surface area contributed by atoms with Crippen LogP contribution in [0.2, 0.25) is 0 Å². The maximum absolute atomic E-state index is 12.2. The molecular weight excluding hydrogens is 1930 g/mol. The Morgan fingerprint density at radius 2 is 0.823 bits per heavy atom. The minimum absolute atomic E-state index is 0. The Morgan fingerprint density at radius 1 is 0.513 bits per heavy atom. The number of aliphatic hydroxyl groups is 2. The van der Waals surface area contributed by atoms with Gasteiger partial charge in [-0.05, 0) is 147 Å². The van der Waals surface area contributed by atoms with Gasteiger partial charge in [-0.2, -0.15) is 4.99 Å². The molecule has 0 aliphatic carbocycles. The summed E-state index contributed by atoms with van der Waals surface area (Å²) < 4.78 is 2.62. The number of rotatable bonds is 41. The van der Waals surface area contributed by atoms with Gasteiger partial charge in [-0.15, -0.1) is 0 Å². The number of carboxylic acid groups (broad SMARTS) is 8. The van der Waals surface area contributed by atoms with Gasteiger partial charge in [0.1, 0.15) is 11.1 Å². The number of carboxylic acids is 8. The Balaban J connectivity index is 0.000000945. The summed E-state index contributed by atoms with van der Waals surface area (Å²) in [6.45, 7) is -2.03. The number of hydrogen-bond acceptors (Lipinski definition) is 32. The first-order valence-electron chi connectivity index (χ1n) is 33.7. The number of thiocarbonyl (C=S) groups is 2. The van der Waals surface area contributed by atoms with Gasteiger partial charge in [0.25, 0.3) is 11.1 Å². The third-order valence-corrected chi connectivity index (χ3v) is 15.7. The fourth-order valence-electron chi connectivity index (χ4n) is 10.3. The Labute approximate surface area is 780 Å². The van der Waals surface area contributed by atoms with Crippen molar-refractivity contribution in [2.75, 3.05) is 70.8 Å². The molecule has 2 aromatic carbocycles. The number of hydrogen-bond donors (Lipinski definition) is 7. The molecule has 0 bridgehead atoms. The molecule has 6 aromatic rings. The number of carbonyl (C=O) groups is 8. The molecule has 2 unspecified atom stereocenters. The Bertz CT molecular complexity index is 4460. The van der Waals surface area contributed by atoms with Crippen molar-refractivity contribution in [1.29, 1.82) is 0 Å². The van der Waals surface area contributed by atoms with Crippen LogP contribution >= 0.6 is 24.4 Å². The monoisotopic (exact) mass is 2010 g/mol. The number of H-pyrrole nitrogens is 2. The van der Waals surface area contributed by atoms with Crippen molar-refractivity contribution in [2.24, 2.45) is 10.7 Å². The summed E-state index contributed by atoms with van der Waals surface area (Å²) in [6.07, 6.45) is 5.65. The fourth-order valence-corrected chi connectivity index (χ4v) is 10.6. The van der Waals surface area contributed by atoms with Crippen LogP contribution in [0.15, 0.2) is 109 Å². The zero-order valence-electron chi connectivity index (χ0n) is 60.8. The number of aromatic nitrogens is 6. The predicted molar refractivity (Wildman–Crippen MR) is 384 cm³/mol. The van der Waals surface area contributed by atoms with Crippen LogP contribution in [0.4, 0.5) is 11.4 Å². The molecule has 0 amide bonds. The van der Waals surface area contributed by atoms with Gasteiger partial charge >= 0.3 is 11.4 Å². The molecule has 4 heterocycles. The number of aliphatic imine (C=N–C) groups is 1. The molecule has 4 aromatic heterocycles. The Kier molecular flexibility index (Phi) is 51.8. The normalized spacial score (nSPS) is 10.9. The largest absolute Gasteiger partial charge is 0.549 e. The average Bonchev–Trinajstić information content (AvgIpc) is 0.860. The summed E-state index contributed by atoms with van der Waals surface area (Å²) in [5.41, 5.74) is 8.93. The van der Waals surface area contributed by atoms with Crippen molar-refractivity contribution in [3.05, 3.63) is 183 Å². The van der Waals surface area contributed by atoms with Gasteiger partial charge in [0.2, 0.25) is 0 Å². The van der Waals surface area contributed by atoms with Crippen LogP contribution in [-0.4, -0.2) is 195 Å². The molecular formula is C72H78Eu3N14O22S2-8. The molecule has 2 atom stereocenters. The topological polar surface area (TPSA) is 572 Å². The number of nitrogens with zero attached hydrogens (tertiary/aromatic N) is 9. The predicted octanol–water partition coefficient (Wildman–Crippen LogP) is -9.97. The van der Waals surface area contributed by atoms with Crippen LogP contribution in [0, 0.1) is 172 Å². The van der Waals surface area contributed by atoms with Crippen LogP contribution in [0.25, 0.3) is 0 Å². The maximum Gasteiger partial charge on any atom is 0.328 e. The van der Waals surface area contributed by atoms with Crippen molar-refractivity contribution in [3.63, 3.8) is 0 Å². The van der Waals surface area contributed by atoms with Crippen molar-refractivity contribution in [2.45, 2.75) is 117 Å². The zero-order valence-corrected chi connectivity index (χ0v) is 69.7. The minimum atomic E-state index is -1.52. The van der Waals surface area contributed by atoms with Crippen molar-refractivity contribution >= 4 is 93.8 Å².